The highest BCUT2D eigenvalue weighted by Crippen LogP contribution is 2.26. The molecule has 0 aliphatic rings. The molecule has 1 amide bonds. The molecule has 0 radical (unpaired) electrons. The molecule has 0 bridgehead atoms. The number of amides is 1. The first-order valence-corrected chi connectivity index (χ1v) is 9.40. The molecular formula is C22H23FN4O3. The van der Waals surface area contributed by atoms with Crippen molar-refractivity contribution in [3.8, 4) is 11.1 Å². The van der Waals surface area contributed by atoms with Gasteiger partial charge in [-0.25, -0.2) is 4.39 Å². The van der Waals surface area contributed by atoms with Crippen molar-refractivity contribution in [3.63, 3.8) is 0 Å². The van der Waals surface area contributed by atoms with Crippen LogP contribution in [-0.4, -0.2) is 33.2 Å². The fraction of sp³-hybridized carbons (Fsp3) is 0.227. The third-order valence-electron chi connectivity index (χ3n) is 4.50. The van der Waals surface area contributed by atoms with Crippen molar-refractivity contribution in [2.24, 2.45) is 7.05 Å². The van der Waals surface area contributed by atoms with Gasteiger partial charge in [0.05, 0.1) is 28.6 Å². The van der Waals surface area contributed by atoms with Crippen LogP contribution in [0, 0.1) is 12.7 Å². The van der Waals surface area contributed by atoms with Crippen LogP contribution in [0.3, 0.4) is 0 Å². The first kappa shape index (κ1) is 21.2. The second-order valence-corrected chi connectivity index (χ2v) is 7.15. The first-order chi connectivity index (χ1) is 14.3. The Morgan fingerprint density at radius 2 is 2.03 bits per heavy atom. The number of aliphatic hydroxyl groups excluding tert-OH is 1. The van der Waals surface area contributed by atoms with Crippen molar-refractivity contribution < 1.29 is 14.3 Å². The summed E-state index contributed by atoms with van der Waals surface area (Å²) in [7, 11) is 1.58. The van der Waals surface area contributed by atoms with E-state index in [4.69, 9.17) is 0 Å². The van der Waals surface area contributed by atoms with Crippen LogP contribution in [0.2, 0.25) is 0 Å². The van der Waals surface area contributed by atoms with Crippen LogP contribution in [0.15, 0.2) is 53.7 Å². The largest absolute Gasteiger partial charge is 0.392 e. The molecule has 0 fully saturated rings. The van der Waals surface area contributed by atoms with Crippen LogP contribution in [0.5, 0.6) is 0 Å². The number of aliphatic hydroxyl groups is 1. The molecule has 156 valence electrons. The van der Waals surface area contributed by atoms with Crippen LogP contribution in [0.4, 0.5) is 15.8 Å². The Morgan fingerprint density at radius 3 is 2.77 bits per heavy atom. The Balaban J connectivity index is 1.99. The topological polar surface area (TPSA) is 96.2 Å². The van der Waals surface area contributed by atoms with Gasteiger partial charge in [-0.15, -0.1) is 0 Å². The number of hydrogen-bond acceptors (Lipinski definition) is 5. The van der Waals surface area contributed by atoms with Crippen LogP contribution < -0.4 is 16.2 Å². The van der Waals surface area contributed by atoms with Crippen molar-refractivity contribution in [2.75, 3.05) is 11.9 Å². The fourth-order valence-electron chi connectivity index (χ4n) is 2.99. The van der Waals surface area contributed by atoms with E-state index in [1.54, 1.807) is 44.4 Å². The molecule has 7 nitrogen and oxygen atoms in total. The maximum absolute atomic E-state index is 14.4. The van der Waals surface area contributed by atoms with Crippen molar-refractivity contribution in [1.82, 2.24) is 14.9 Å². The van der Waals surface area contributed by atoms with Gasteiger partial charge in [-0.3, -0.25) is 14.6 Å². The summed E-state index contributed by atoms with van der Waals surface area (Å²) in [5, 5.41) is 15.1. The summed E-state index contributed by atoms with van der Waals surface area (Å²) in [6, 6.07) is 7.77. The van der Waals surface area contributed by atoms with Crippen LogP contribution in [0.1, 0.15) is 22.8 Å². The molecule has 0 saturated heterocycles. The lowest BCUT2D eigenvalue weighted by Crippen LogP contribution is -2.31. The number of carbonyl (C=O) groups excluding carboxylic acids is 1. The SMILES string of the molecule is Cc1ccc(F)c(-c2cc(Nc3ccncc3C(=O)NC[C@H](C)O)cn(C)c2=O)c1. The third-order valence-corrected chi connectivity index (χ3v) is 4.50. The Kier molecular flexibility index (Phi) is 6.27. The number of aryl methyl sites for hydroxylation is 2. The highest BCUT2D eigenvalue weighted by atomic mass is 19.1. The molecule has 0 aliphatic heterocycles. The van der Waals surface area contributed by atoms with Crippen molar-refractivity contribution in [1.29, 1.82) is 0 Å². The molecule has 1 aromatic carbocycles. The predicted molar refractivity (Wildman–Crippen MR) is 113 cm³/mol. The summed E-state index contributed by atoms with van der Waals surface area (Å²) in [5.41, 5.74) is 2.15. The molecule has 8 heteroatoms. The number of anilines is 2. The Labute approximate surface area is 173 Å². The molecule has 30 heavy (non-hydrogen) atoms. The first-order valence-electron chi connectivity index (χ1n) is 9.40. The van der Waals surface area contributed by atoms with Gasteiger partial charge in [0.1, 0.15) is 5.82 Å². The molecule has 1 atom stereocenters. The third kappa shape index (κ3) is 4.72. The minimum absolute atomic E-state index is 0.101. The fourth-order valence-corrected chi connectivity index (χ4v) is 2.99. The number of rotatable bonds is 6. The van der Waals surface area contributed by atoms with Gasteiger partial charge >= 0.3 is 0 Å². The maximum atomic E-state index is 14.4. The highest BCUT2D eigenvalue weighted by Gasteiger charge is 2.15. The smallest absolute Gasteiger partial charge is 0.258 e. The molecule has 2 heterocycles. The van der Waals surface area contributed by atoms with Crippen molar-refractivity contribution in [3.05, 3.63) is 76.2 Å². The van der Waals surface area contributed by atoms with E-state index in [1.165, 1.54) is 23.0 Å². The molecular weight excluding hydrogens is 387 g/mol. The highest BCUT2D eigenvalue weighted by molar-refractivity contribution is 6.00. The van der Waals surface area contributed by atoms with E-state index in [0.29, 0.717) is 11.4 Å². The summed E-state index contributed by atoms with van der Waals surface area (Å²) in [4.78, 5) is 29.1. The zero-order chi connectivity index (χ0) is 21.8. The molecule has 0 spiro atoms. The average molecular weight is 410 g/mol. The molecule has 0 aliphatic carbocycles. The molecule has 0 unspecified atom stereocenters. The maximum Gasteiger partial charge on any atom is 0.258 e. The number of benzene rings is 1. The molecule has 0 saturated carbocycles. The summed E-state index contributed by atoms with van der Waals surface area (Å²) in [5.74, 6) is -0.891. The number of nitrogens with one attached hydrogen (secondary N) is 2. The summed E-state index contributed by atoms with van der Waals surface area (Å²) in [6.45, 7) is 3.49. The number of carbonyl (C=O) groups is 1. The zero-order valence-corrected chi connectivity index (χ0v) is 16.9. The van der Waals surface area contributed by atoms with E-state index in [2.05, 4.69) is 15.6 Å². The standard InChI is InChI=1S/C22H23FN4O3/c1-13-4-5-19(23)16(8-13)17-9-15(12-27(3)22(17)30)26-20-6-7-24-11-18(20)21(29)25-10-14(2)28/h4-9,11-12,14,28H,10H2,1-3H3,(H,24,26)(H,25,29)/t14-/m0/s1. The van der Waals surface area contributed by atoms with E-state index in [9.17, 15) is 19.1 Å². The Morgan fingerprint density at radius 1 is 1.27 bits per heavy atom. The van der Waals surface area contributed by atoms with Gasteiger partial charge in [0.15, 0.2) is 0 Å². The predicted octanol–water partition coefficient (Wildman–Crippen LogP) is 2.75. The van der Waals surface area contributed by atoms with Gasteiger partial charge in [0, 0.05) is 37.7 Å². The molecule has 2 aromatic heterocycles. The monoisotopic (exact) mass is 410 g/mol. The number of pyridine rings is 2. The number of halogens is 1. The summed E-state index contributed by atoms with van der Waals surface area (Å²) in [6.07, 6.45) is 3.81. The van der Waals surface area contributed by atoms with Gasteiger partial charge in [-0.2, -0.15) is 0 Å². The van der Waals surface area contributed by atoms with E-state index >= 15 is 0 Å². The van der Waals surface area contributed by atoms with E-state index in [-0.39, 0.29) is 28.8 Å². The minimum atomic E-state index is -0.683. The van der Waals surface area contributed by atoms with Crippen molar-refractivity contribution in [2.45, 2.75) is 20.0 Å². The second-order valence-electron chi connectivity index (χ2n) is 7.15. The summed E-state index contributed by atoms with van der Waals surface area (Å²) < 4.78 is 15.8. The summed E-state index contributed by atoms with van der Waals surface area (Å²) >= 11 is 0. The Hall–Kier alpha value is -3.52. The second kappa shape index (κ2) is 8.87. The van der Waals surface area contributed by atoms with Gasteiger partial charge in [0.2, 0.25) is 0 Å². The Bertz CT molecular complexity index is 1140. The van der Waals surface area contributed by atoms with E-state index < -0.39 is 17.8 Å². The van der Waals surface area contributed by atoms with Gasteiger partial charge < -0.3 is 20.3 Å². The lowest BCUT2D eigenvalue weighted by atomic mass is 10.0. The van der Waals surface area contributed by atoms with Gasteiger partial charge in [0.25, 0.3) is 11.5 Å². The van der Waals surface area contributed by atoms with Gasteiger partial charge in [-0.05, 0) is 38.1 Å². The number of aromatic nitrogens is 2. The number of nitrogens with zero attached hydrogens (tertiary/aromatic N) is 2. The lowest BCUT2D eigenvalue weighted by molar-refractivity contribution is 0.0924. The van der Waals surface area contributed by atoms with Crippen LogP contribution in [-0.2, 0) is 7.05 Å². The normalized spacial score (nSPS) is 11.8. The quantitative estimate of drug-likeness (QED) is 0.581. The molecule has 3 aromatic rings. The molecule has 3 rings (SSSR count). The lowest BCUT2D eigenvalue weighted by Gasteiger charge is -2.15. The van der Waals surface area contributed by atoms with Crippen molar-refractivity contribution >= 4 is 17.3 Å². The zero-order valence-electron chi connectivity index (χ0n) is 16.9. The van der Waals surface area contributed by atoms with Gasteiger partial charge in [-0.1, -0.05) is 11.6 Å². The van der Waals surface area contributed by atoms with E-state index in [0.717, 1.165) is 5.56 Å². The minimum Gasteiger partial charge on any atom is -0.392 e. The number of hydrogen-bond donors (Lipinski definition) is 3. The molecule has 3 N–H and O–H groups in total. The van der Waals surface area contributed by atoms with Crippen LogP contribution >= 0.6 is 0 Å². The van der Waals surface area contributed by atoms with Crippen LogP contribution in [0.25, 0.3) is 11.1 Å². The average Bonchev–Trinajstić information content (AvgIpc) is 2.71. The van der Waals surface area contributed by atoms with E-state index in [1.807, 2.05) is 6.92 Å².